The molecule has 14 heavy (non-hydrogen) atoms. The van der Waals surface area contributed by atoms with Crippen LogP contribution in [0, 0.1) is 13.8 Å². The lowest BCUT2D eigenvalue weighted by atomic mass is 10.1. The standard InChI is InChI=1S/C11H21N3/c1-5-14-10(4)11(9(3)13-14)7-6-8(2)12/h8H,5-7,12H2,1-4H3. The summed E-state index contributed by atoms with van der Waals surface area (Å²) in [4.78, 5) is 0. The molecular weight excluding hydrogens is 174 g/mol. The van der Waals surface area contributed by atoms with Gasteiger partial charge in [-0.2, -0.15) is 5.10 Å². The molecule has 0 amide bonds. The molecule has 0 aromatic carbocycles. The molecular formula is C11H21N3. The fraction of sp³-hybridized carbons (Fsp3) is 0.727. The molecule has 0 bridgehead atoms. The molecule has 80 valence electrons. The van der Waals surface area contributed by atoms with Crippen LogP contribution in [0.1, 0.15) is 37.2 Å². The summed E-state index contributed by atoms with van der Waals surface area (Å²) in [5, 5.41) is 4.48. The van der Waals surface area contributed by atoms with Crippen LogP contribution in [-0.4, -0.2) is 15.8 Å². The summed E-state index contributed by atoms with van der Waals surface area (Å²) in [6, 6.07) is 0.277. The third-order valence-corrected chi connectivity index (χ3v) is 2.68. The van der Waals surface area contributed by atoms with Gasteiger partial charge in [-0.25, -0.2) is 0 Å². The Morgan fingerprint density at radius 1 is 1.43 bits per heavy atom. The highest BCUT2D eigenvalue weighted by Gasteiger charge is 2.10. The van der Waals surface area contributed by atoms with Gasteiger partial charge < -0.3 is 5.73 Å². The van der Waals surface area contributed by atoms with Crippen molar-refractivity contribution in [1.82, 2.24) is 9.78 Å². The number of aromatic nitrogens is 2. The van der Waals surface area contributed by atoms with Crippen molar-refractivity contribution < 1.29 is 0 Å². The van der Waals surface area contributed by atoms with Gasteiger partial charge in [-0.15, -0.1) is 0 Å². The van der Waals surface area contributed by atoms with Crippen molar-refractivity contribution >= 4 is 0 Å². The summed E-state index contributed by atoms with van der Waals surface area (Å²) in [6.07, 6.45) is 2.09. The SMILES string of the molecule is CCn1nc(C)c(CCC(C)N)c1C. The first-order chi connectivity index (χ1) is 6.56. The maximum absolute atomic E-state index is 5.75. The molecule has 3 nitrogen and oxygen atoms in total. The van der Waals surface area contributed by atoms with Crippen LogP contribution in [0.4, 0.5) is 0 Å². The minimum absolute atomic E-state index is 0.277. The number of aryl methyl sites for hydroxylation is 2. The van der Waals surface area contributed by atoms with Crippen molar-refractivity contribution in [2.75, 3.05) is 0 Å². The Balaban J connectivity index is 2.80. The second-order valence-corrected chi connectivity index (χ2v) is 3.98. The summed E-state index contributed by atoms with van der Waals surface area (Å²) in [5.41, 5.74) is 9.59. The Kier molecular flexibility index (Phi) is 3.69. The third-order valence-electron chi connectivity index (χ3n) is 2.68. The molecule has 0 radical (unpaired) electrons. The number of nitrogens with zero attached hydrogens (tertiary/aromatic N) is 2. The Labute approximate surface area is 86.3 Å². The second kappa shape index (κ2) is 4.60. The van der Waals surface area contributed by atoms with Gasteiger partial charge in [0.05, 0.1) is 5.69 Å². The van der Waals surface area contributed by atoms with Crippen LogP contribution in [0.15, 0.2) is 0 Å². The molecule has 1 aromatic rings. The first kappa shape index (κ1) is 11.2. The first-order valence-corrected chi connectivity index (χ1v) is 5.34. The lowest BCUT2D eigenvalue weighted by Gasteiger charge is -2.05. The molecule has 0 fully saturated rings. The maximum atomic E-state index is 5.75. The molecule has 1 heterocycles. The molecule has 3 heteroatoms. The van der Waals surface area contributed by atoms with Crippen LogP contribution in [0.2, 0.25) is 0 Å². The molecule has 1 aromatic heterocycles. The first-order valence-electron chi connectivity index (χ1n) is 5.34. The van der Waals surface area contributed by atoms with Gasteiger partial charge in [-0.1, -0.05) is 0 Å². The topological polar surface area (TPSA) is 43.8 Å². The quantitative estimate of drug-likeness (QED) is 0.796. The van der Waals surface area contributed by atoms with E-state index in [1.165, 1.54) is 11.3 Å². The van der Waals surface area contributed by atoms with Crippen molar-refractivity contribution in [2.24, 2.45) is 5.73 Å². The van der Waals surface area contributed by atoms with Gasteiger partial charge in [0.2, 0.25) is 0 Å². The Morgan fingerprint density at radius 3 is 2.50 bits per heavy atom. The van der Waals surface area contributed by atoms with Gasteiger partial charge in [0.25, 0.3) is 0 Å². The predicted molar refractivity (Wildman–Crippen MR) is 59.3 cm³/mol. The molecule has 1 atom stereocenters. The van der Waals surface area contributed by atoms with E-state index in [4.69, 9.17) is 5.73 Å². The van der Waals surface area contributed by atoms with Gasteiger partial charge in [0.1, 0.15) is 0 Å². The van der Waals surface area contributed by atoms with E-state index >= 15 is 0 Å². The lowest BCUT2D eigenvalue weighted by molar-refractivity contribution is 0.630. The van der Waals surface area contributed by atoms with Crippen LogP contribution in [-0.2, 0) is 13.0 Å². The van der Waals surface area contributed by atoms with E-state index in [0.29, 0.717) is 0 Å². The zero-order valence-corrected chi connectivity index (χ0v) is 9.67. The minimum Gasteiger partial charge on any atom is -0.328 e. The number of hydrogen-bond donors (Lipinski definition) is 1. The van der Waals surface area contributed by atoms with E-state index < -0.39 is 0 Å². The number of nitrogens with two attached hydrogens (primary N) is 1. The summed E-state index contributed by atoms with van der Waals surface area (Å²) in [7, 11) is 0. The molecule has 0 aliphatic carbocycles. The zero-order chi connectivity index (χ0) is 10.7. The van der Waals surface area contributed by atoms with Gasteiger partial charge in [0, 0.05) is 18.3 Å². The van der Waals surface area contributed by atoms with Crippen LogP contribution >= 0.6 is 0 Å². The van der Waals surface area contributed by atoms with E-state index in [2.05, 4.69) is 37.5 Å². The number of hydrogen-bond acceptors (Lipinski definition) is 2. The third kappa shape index (κ3) is 2.35. The Morgan fingerprint density at radius 2 is 2.07 bits per heavy atom. The van der Waals surface area contributed by atoms with Crippen LogP contribution in [0.5, 0.6) is 0 Å². The predicted octanol–water partition coefficient (Wildman–Crippen LogP) is 1.80. The lowest BCUT2D eigenvalue weighted by Crippen LogP contribution is -2.15. The smallest absolute Gasteiger partial charge is 0.0628 e. The molecule has 2 N–H and O–H groups in total. The molecule has 0 aliphatic heterocycles. The van der Waals surface area contributed by atoms with E-state index in [1.807, 2.05) is 0 Å². The fourth-order valence-electron chi connectivity index (χ4n) is 1.78. The number of rotatable bonds is 4. The van der Waals surface area contributed by atoms with E-state index in [-0.39, 0.29) is 6.04 Å². The van der Waals surface area contributed by atoms with Crippen molar-refractivity contribution in [1.29, 1.82) is 0 Å². The molecule has 0 saturated carbocycles. The molecule has 0 saturated heterocycles. The Bertz CT molecular complexity index is 300. The zero-order valence-electron chi connectivity index (χ0n) is 9.67. The van der Waals surface area contributed by atoms with E-state index in [0.717, 1.165) is 25.1 Å². The molecule has 0 spiro atoms. The molecule has 1 rings (SSSR count). The fourth-order valence-corrected chi connectivity index (χ4v) is 1.78. The van der Waals surface area contributed by atoms with E-state index in [1.54, 1.807) is 0 Å². The summed E-state index contributed by atoms with van der Waals surface area (Å²) >= 11 is 0. The summed E-state index contributed by atoms with van der Waals surface area (Å²) in [6.45, 7) is 9.34. The molecule has 1 unspecified atom stereocenters. The van der Waals surface area contributed by atoms with E-state index in [9.17, 15) is 0 Å². The average Bonchev–Trinajstić information content (AvgIpc) is 2.39. The monoisotopic (exact) mass is 195 g/mol. The molecule has 0 aliphatic rings. The highest BCUT2D eigenvalue weighted by atomic mass is 15.3. The van der Waals surface area contributed by atoms with Crippen LogP contribution < -0.4 is 5.73 Å². The van der Waals surface area contributed by atoms with Crippen LogP contribution in [0.25, 0.3) is 0 Å². The Hall–Kier alpha value is -0.830. The van der Waals surface area contributed by atoms with Gasteiger partial charge in [-0.05, 0) is 46.1 Å². The highest BCUT2D eigenvalue weighted by Crippen LogP contribution is 2.15. The minimum atomic E-state index is 0.277. The summed E-state index contributed by atoms with van der Waals surface area (Å²) in [5.74, 6) is 0. The van der Waals surface area contributed by atoms with Crippen molar-refractivity contribution in [3.05, 3.63) is 17.0 Å². The largest absolute Gasteiger partial charge is 0.328 e. The average molecular weight is 195 g/mol. The van der Waals surface area contributed by atoms with Gasteiger partial charge in [0.15, 0.2) is 0 Å². The highest BCUT2D eigenvalue weighted by molar-refractivity contribution is 5.24. The van der Waals surface area contributed by atoms with Crippen LogP contribution in [0.3, 0.4) is 0 Å². The van der Waals surface area contributed by atoms with Gasteiger partial charge >= 0.3 is 0 Å². The summed E-state index contributed by atoms with van der Waals surface area (Å²) < 4.78 is 2.06. The van der Waals surface area contributed by atoms with Gasteiger partial charge in [-0.3, -0.25) is 4.68 Å². The maximum Gasteiger partial charge on any atom is 0.0628 e. The second-order valence-electron chi connectivity index (χ2n) is 3.98. The van der Waals surface area contributed by atoms with Crippen molar-refractivity contribution in [3.63, 3.8) is 0 Å². The normalized spacial score (nSPS) is 13.2. The van der Waals surface area contributed by atoms with Crippen molar-refractivity contribution in [3.8, 4) is 0 Å². The van der Waals surface area contributed by atoms with Crippen molar-refractivity contribution in [2.45, 2.75) is 53.1 Å².